The molecule has 0 saturated carbocycles. The largest absolute Gasteiger partial charge is 0.450 e. The van der Waals surface area contributed by atoms with Crippen molar-refractivity contribution in [2.45, 2.75) is 38.3 Å². The van der Waals surface area contributed by atoms with Crippen LogP contribution in [0.1, 0.15) is 25.3 Å². The van der Waals surface area contributed by atoms with Crippen molar-refractivity contribution in [3.63, 3.8) is 0 Å². The van der Waals surface area contributed by atoms with Gasteiger partial charge in [0.1, 0.15) is 0 Å². The highest BCUT2D eigenvalue weighted by Gasteiger charge is 2.33. The summed E-state index contributed by atoms with van der Waals surface area (Å²) in [6, 6.07) is 13.8. The number of hydrogen-bond acceptors (Lipinski definition) is 6. The van der Waals surface area contributed by atoms with E-state index < -0.39 is 0 Å². The number of amides is 1. The van der Waals surface area contributed by atoms with E-state index in [1.54, 1.807) is 4.90 Å². The van der Waals surface area contributed by atoms with E-state index in [4.69, 9.17) is 14.7 Å². The van der Waals surface area contributed by atoms with Crippen molar-refractivity contribution in [2.24, 2.45) is 5.73 Å². The van der Waals surface area contributed by atoms with Crippen LogP contribution in [0.15, 0.2) is 42.5 Å². The van der Waals surface area contributed by atoms with Gasteiger partial charge in [-0.25, -0.2) is 9.78 Å². The Bertz CT molecular complexity index is 788. The molecule has 1 saturated heterocycles. The molecule has 3 rings (SSSR count). The molecule has 1 amide bonds. The summed E-state index contributed by atoms with van der Waals surface area (Å²) in [6.07, 6.45) is 3.98. The third-order valence-electron chi connectivity index (χ3n) is 4.88. The number of carbonyl (C=O) groups is 1. The second kappa shape index (κ2) is 9.80. The number of aromatic nitrogens is 1. The highest BCUT2D eigenvalue weighted by molar-refractivity contribution is 7.94. The highest BCUT2D eigenvalue weighted by Crippen LogP contribution is 2.27. The number of nitrogens with zero attached hydrogens (tertiary/aromatic N) is 2. The zero-order chi connectivity index (χ0) is 19.9. The molecule has 1 fully saturated rings. The van der Waals surface area contributed by atoms with Gasteiger partial charge in [0.05, 0.1) is 30.4 Å². The monoisotopic (exact) mass is 401 g/mol. The summed E-state index contributed by atoms with van der Waals surface area (Å²) in [6.45, 7) is 2.84. The Balaban J connectivity index is 1.90. The van der Waals surface area contributed by atoms with Crippen molar-refractivity contribution in [3.05, 3.63) is 48.0 Å². The van der Waals surface area contributed by atoms with Gasteiger partial charge in [0, 0.05) is 30.5 Å². The minimum Gasteiger partial charge on any atom is -0.450 e. The van der Waals surface area contributed by atoms with Crippen molar-refractivity contribution < 1.29 is 13.7 Å². The molecule has 0 radical (unpaired) electrons. The van der Waals surface area contributed by atoms with Crippen molar-refractivity contribution in [2.75, 3.05) is 19.4 Å². The maximum Gasteiger partial charge on any atom is 0.410 e. The number of ether oxygens (including phenoxy) is 1. The molecule has 2 aromatic rings. The van der Waals surface area contributed by atoms with Crippen LogP contribution in [-0.2, 0) is 11.2 Å². The van der Waals surface area contributed by atoms with E-state index in [0.29, 0.717) is 25.5 Å². The van der Waals surface area contributed by atoms with Crippen molar-refractivity contribution in [1.82, 2.24) is 9.88 Å². The van der Waals surface area contributed by atoms with Crippen molar-refractivity contribution in [3.8, 4) is 17.1 Å². The van der Waals surface area contributed by atoms with Gasteiger partial charge in [-0.15, -0.1) is 0 Å². The summed E-state index contributed by atoms with van der Waals surface area (Å²) >= 11 is 1.25. The van der Waals surface area contributed by atoms with E-state index >= 15 is 0 Å². The van der Waals surface area contributed by atoms with Crippen LogP contribution in [0.4, 0.5) is 4.79 Å². The first kappa shape index (κ1) is 20.5. The summed E-state index contributed by atoms with van der Waals surface area (Å²) < 4.78 is 10.9. The Kier molecular flexibility index (Phi) is 7.17. The van der Waals surface area contributed by atoms with Gasteiger partial charge in [0.25, 0.3) is 0 Å². The summed E-state index contributed by atoms with van der Waals surface area (Å²) in [7, 11) is 0. The Morgan fingerprint density at radius 1 is 1.32 bits per heavy atom. The lowest BCUT2D eigenvalue weighted by Crippen LogP contribution is -2.55. The lowest BCUT2D eigenvalue weighted by atomic mass is 9.91. The summed E-state index contributed by atoms with van der Waals surface area (Å²) in [5.41, 5.74) is 9.29. The Hall–Kier alpha value is -2.25. The molecule has 2 unspecified atom stereocenters. The van der Waals surface area contributed by atoms with Crippen LogP contribution in [-0.4, -0.2) is 47.5 Å². The molecular formula is C21H27N3O3S. The SMILES string of the molecule is CCOC(=O)N1CCCC(N)C1Cc1cc(OSC)nc(-c2ccccc2)c1. The first-order valence-corrected chi connectivity index (χ1v) is 10.7. The van der Waals surface area contributed by atoms with Gasteiger partial charge in [-0.2, -0.15) is 0 Å². The Morgan fingerprint density at radius 2 is 2.11 bits per heavy atom. The smallest absolute Gasteiger partial charge is 0.410 e. The maximum atomic E-state index is 12.4. The van der Waals surface area contributed by atoms with Gasteiger partial charge in [0.2, 0.25) is 5.88 Å². The zero-order valence-electron chi connectivity index (χ0n) is 16.3. The van der Waals surface area contributed by atoms with Gasteiger partial charge < -0.3 is 19.6 Å². The Labute approximate surface area is 170 Å². The minimum atomic E-state index is -0.291. The van der Waals surface area contributed by atoms with Crippen molar-refractivity contribution in [1.29, 1.82) is 0 Å². The molecular weight excluding hydrogens is 374 g/mol. The second-order valence-electron chi connectivity index (χ2n) is 6.78. The fourth-order valence-corrected chi connectivity index (χ4v) is 3.84. The topological polar surface area (TPSA) is 77.7 Å². The van der Waals surface area contributed by atoms with E-state index in [2.05, 4.69) is 4.98 Å². The van der Waals surface area contributed by atoms with Gasteiger partial charge >= 0.3 is 6.09 Å². The van der Waals surface area contributed by atoms with Crippen LogP contribution in [0.25, 0.3) is 11.3 Å². The number of carbonyl (C=O) groups excluding carboxylic acids is 1. The molecule has 1 aromatic carbocycles. The number of rotatable bonds is 6. The number of piperidine rings is 1. The molecule has 28 heavy (non-hydrogen) atoms. The lowest BCUT2D eigenvalue weighted by molar-refractivity contribution is 0.0702. The van der Waals surface area contributed by atoms with E-state index in [1.165, 1.54) is 12.0 Å². The first-order chi connectivity index (χ1) is 13.6. The maximum absolute atomic E-state index is 12.4. The predicted molar refractivity (Wildman–Crippen MR) is 112 cm³/mol. The molecule has 0 spiro atoms. The molecule has 0 bridgehead atoms. The van der Waals surface area contributed by atoms with Crippen LogP contribution < -0.4 is 9.92 Å². The number of pyridine rings is 1. The fourth-order valence-electron chi connectivity index (χ4n) is 3.58. The lowest BCUT2D eigenvalue weighted by Gasteiger charge is -2.39. The summed E-state index contributed by atoms with van der Waals surface area (Å²) in [4.78, 5) is 18.8. The van der Waals surface area contributed by atoms with Gasteiger partial charge in [-0.05, 0) is 37.8 Å². The number of likely N-dealkylation sites (tertiary alicyclic amines) is 1. The number of hydrogen-bond donors (Lipinski definition) is 1. The molecule has 7 heteroatoms. The van der Waals surface area contributed by atoms with E-state index in [-0.39, 0.29) is 18.2 Å². The molecule has 150 valence electrons. The summed E-state index contributed by atoms with van der Waals surface area (Å²) in [5.74, 6) is 0.552. The number of benzene rings is 1. The normalized spacial score (nSPS) is 19.3. The van der Waals surface area contributed by atoms with Gasteiger partial charge in [0.15, 0.2) is 0 Å². The molecule has 2 heterocycles. The summed E-state index contributed by atoms with van der Waals surface area (Å²) in [5, 5.41) is 0. The van der Waals surface area contributed by atoms with E-state index in [0.717, 1.165) is 29.7 Å². The average Bonchev–Trinajstić information content (AvgIpc) is 2.70. The third-order valence-corrected chi connectivity index (χ3v) is 5.22. The van der Waals surface area contributed by atoms with E-state index in [1.807, 2.05) is 55.6 Å². The second-order valence-corrected chi connectivity index (χ2v) is 7.28. The molecule has 6 nitrogen and oxygen atoms in total. The molecule has 2 N–H and O–H groups in total. The minimum absolute atomic E-state index is 0.0867. The Morgan fingerprint density at radius 3 is 2.82 bits per heavy atom. The third kappa shape index (κ3) is 4.97. The molecule has 1 aromatic heterocycles. The quantitative estimate of drug-likeness (QED) is 0.740. The fraction of sp³-hybridized carbons (Fsp3) is 0.429. The molecule has 0 aliphatic carbocycles. The van der Waals surface area contributed by atoms with Gasteiger partial charge in [-0.1, -0.05) is 30.3 Å². The standard InChI is InChI=1S/C21H27N3O3S/c1-3-26-21(25)24-11-7-10-17(22)19(24)13-15-12-18(16-8-5-4-6-9-16)23-20(14-15)27-28-2/h4-6,8-9,12,14,17,19H,3,7,10-11,13,22H2,1-2H3. The van der Waals surface area contributed by atoms with Crippen LogP contribution in [0, 0.1) is 0 Å². The van der Waals surface area contributed by atoms with Crippen LogP contribution in [0.3, 0.4) is 0 Å². The zero-order valence-corrected chi connectivity index (χ0v) is 17.2. The van der Waals surface area contributed by atoms with E-state index in [9.17, 15) is 4.79 Å². The predicted octanol–water partition coefficient (Wildman–Crippen LogP) is 3.90. The van der Waals surface area contributed by atoms with Crippen LogP contribution in [0.5, 0.6) is 5.88 Å². The first-order valence-electron chi connectivity index (χ1n) is 9.58. The molecule has 1 aliphatic rings. The average molecular weight is 402 g/mol. The van der Waals surface area contributed by atoms with Crippen molar-refractivity contribution >= 4 is 18.1 Å². The molecule has 1 aliphatic heterocycles. The molecule has 2 atom stereocenters. The van der Waals surface area contributed by atoms with Crippen LogP contribution in [0.2, 0.25) is 0 Å². The van der Waals surface area contributed by atoms with Crippen LogP contribution >= 0.6 is 12.0 Å². The van der Waals surface area contributed by atoms with Gasteiger partial charge in [-0.3, -0.25) is 0 Å². The highest BCUT2D eigenvalue weighted by atomic mass is 32.2. The number of nitrogens with two attached hydrogens (primary N) is 1.